The van der Waals surface area contributed by atoms with Crippen LogP contribution in [0.3, 0.4) is 0 Å². The number of aromatic nitrogens is 2. The smallest absolute Gasteiger partial charge is 0.280 e. The first-order valence-electron chi connectivity index (χ1n) is 7.85. The largest absolute Gasteiger partial charge is 0.339 e. The number of likely N-dealkylation sites (tertiary alicyclic amines) is 1. The Morgan fingerprint density at radius 1 is 1.13 bits per heavy atom. The van der Waals surface area contributed by atoms with Crippen molar-refractivity contribution in [2.75, 3.05) is 17.8 Å². The third-order valence-electron chi connectivity index (χ3n) is 4.02. The van der Waals surface area contributed by atoms with Crippen LogP contribution in [0.15, 0.2) is 41.8 Å². The molecule has 0 bridgehead atoms. The molecule has 6 nitrogen and oxygen atoms in total. The van der Waals surface area contributed by atoms with E-state index in [9.17, 15) is 8.42 Å². The minimum Gasteiger partial charge on any atom is -0.339 e. The van der Waals surface area contributed by atoms with Crippen molar-refractivity contribution in [3.63, 3.8) is 0 Å². The molecule has 0 radical (unpaired) electrons. The third kappa shape index (κ3) is 4.11. The van der Waals surface area contributed by atoms with Crippen LogP contribution in [0.2, 0.25) is 0 Å². The molecule has 23 heavy (non-hydrogen) atoms. The molecular formula is C16H22N4O2S. The highest BCUT2D eigenvalue weighted by Gasteiger charge is 2.17. The quantitative estimate of drug-likeness (QED) is 0.910. The minimum absolute atomic E-state index is 0.0254. The van der Waals surface area contributed by atoms with Crippen LogP contribution in [0.4, 0.5) is 5.69 Å². The second-order valence-electron chi connectivity index (χ2n) is 6.02. The van der Waals surface area contributed by atoms with Crippen molar-refractivity contribution in [3.8, 4) is 0 Å². The van der Waals surface area contributed by atoms with Gasteiger partial charge in [0.15, 0.2) is 5.03 Å². The van der Waals surface area contributed by atoms with Crippen molar-refractivity contribution >= 4 is 15.7 Å². The Morgan fingerprint density at radius 3 is 2.43 bits per heavy atom. The van der Waals surface area contributed by atoms with Crippen molar-refractivity contribution in [3.05, 3.63) is 42.4 Å². The highest BCUT2D eigenvalue weighted by Crippen LogP contribution is 2.17. The van der Waals surface area contributed by atoms with Crippen molar-refractivity contribution < 1.29 is 8.42 Å². The van der Waals surface area contributed by atoms with Crippen LogP contribution in [0.5, 0.6) is 0 Å². The van der Waals surface area contributed by atoms with E-state index in [1.807, 2.05) is 12.1 Å². The number of aryl methyl sites for hydroxylation is 1. The van der Waals surface area contributed by atoms with Crippen LogP contribution < -0.4 is 4.72 Å². The van der Waals surface area contributed by atoms with Crippen LogP contribution in [0.1, 0.15) is 24.8 Å². The number of rotatable bonds is 5. The van der Waals surface area contributed by atoms with E-state index < -0.39 is 10.0 Å². The number of hydrogen-bond acceptors (Lipinski definition) is 4. The van der Waals surface area contributed by atoms with Gasteiger partial charge in [0.05, 0.1) is 6.33 Å². The number of benzene rings is 1. The SMILES string of the molecule is Cn1cnc(S(=O)(=O)Nc2ccc(CN3CCCCC3)cc2)c1. The Hall–Kier alpha value is -1.86. The second kappa shape index (κ2) is 6.72. The van der Waals surface area contributed by atoms with Gasteiger partial charge in [-0.25, -0.2) is 4.98 Å². The van der Waals surface area contributed by atoms with E-state index in [0.717, 1.165) is 19.6 Å². The summed E-state index contributed by atoms with van der Waals surface area (Å²) in [4.78, 5) is 6.33. The summed E-state index contributed by atoms with van der Waals surface area (Å²) in [6.45, 7) is 3.22. The fourth-order valence-corrected chi connectivity index (χ4v) is 3.83. The number of piperidine rings is 1. The molecule has 0 atom stereocenters. The van der Waals surface area contributed by atoms with Gasteiger partial charge in [-0.05, 0) is 43.6 Å². The summed E-state index contributed by atoms with van der Waals surface area (Å²) in [5.74, 6) is 0. The zero-order valence-corrected chi connectivity index (χ0v) is 14.1. The van der Waals surface area contributed by atoms with Crippen LogP contribution in [-0.4, -0.2) is 36.0 Å². The maximum atomic E-state index is 12.2. The van der Waals surface area contributed by atoms with Crippen LogP contribution in [0.25, 0.3) is 0 Å². The van der Waals surface area contributed by atoms with E-state index in [1.165, 1.54) is 37.4 Å². The Kier molecular flexibility index (Phi) is 4.68. The van der Waals surface area contributed by atoms with Gasteiger partial charge in [0, 0.05) is 25.5 Å². The van der Waals surface area contributed by atoms with Gasteiger partial charge >= 0.3 is 0 Å². The van der Waals surface area contributed by atoms with E-state index in [2.05, 4.69) is 14.6 Å². The predicted molar refractivity (Wildman–Crippen MR) is 89.6 cm³/mol. The average Bonchev–Trinajstić information content (AvgIpc) is 2.98. The predicted octanol–water partition coefficient (Wildman–Crippen LogP) is 2.21. The van der Waals surface area contributed by atoms with Crippen molar-refractivity contribution in [1.29, 1.82) is 0 Å². The first-order chi connectivity index (χ1) is 11.0. The molecule has 124 valence electrons. The molecule has 1 saturated heterocycles. The maximum absolute atomic E-state index is 12.2. The highest BCUT2D eigenvalue weighted by atomic mass is 32.2. The number of imidazole rings is 1. The fourth-order valence-electron chi connectivity index (χ4n) is 2.79. The lowest BCUT2D eigenvalue weighted by atomic mass is 10.1. The molecule has 3 rings (SSSR count). The summed E-state index contributed by atoms with van der Waals surface area (Å²) in [5.41, 5.74) is 1.76. The molecule has 1 aromatic heterocycles. The second-order valence-corrected chi connectivity index (χ2v) is 7.65. The average molecular weight is 334 g/mol. The summed E-state index contributed by atoms with van der Waals surface area (Å²) >= 11 is 0. The Morgan fingerprint density at radius 2 is 1.83 bits per heavy atom. The summed E-state index contributed by atoms with van der Waals surface area (Å²) in [6, 6.07) is 7.56. The molecule has 7 heteroatoms. The lowest BCUT2D eigenvalue weighted by Crippen LogP contribution is -2.29. The van der Waals surface area contributed by atoms with Crippen LogP contribution in [-0.2, 0) is 23.6 Å². The highest BCUT2D eigenvalue weighted by molar-refractivity contribution is 7.92. The van der Waals surface area contributed by atoms with Gasteiger partial charge in [0.2, 0.25) is 0 Å². The monoisotopic (exact) mass is 334 g/mol. The number of hydrogen-bond donors (Lipinski definition) is 1. The van der Waals surface area contributed by atoms with E-state index in [4.69, 9.17) is 0 Å². The molecule has 1 N–H and O–H groups in total. The molecule has 1 aliphatic heterocycles. The number of nitrogens with one attached hydrogen (secondary N) is 1. The Labute approximate surface area is 137 Å². The fraction of sp³-hybridized carbons (Fsp3) is 0.438. The lowest BCUT2D eigenvalue weighted by Gasteiger charge is -2.26. The van der Waals surface area contributed by atoms with Gasteiger partial charge in [0.1, 0.15) is 0 Å². The van der Waals surface area contributed by atoms with Gasteiger partial charge in [-0.2, -0.15) is 8.42 Å². The third-order valence-corrected chi connectivity index (χ3v) is 5.28. The summed E-state index contributed by atoms with van der Waals surface area (Å²) in [7, 11) is -1.89. The van der Waals surface area contributed by atoms with Crippen molar-refractivity contribution in [1.82, 2.24) is 14.5 Å². The van der Waals surface area contributed by atoms with Crippen molar-refractivity contribution in [2.45, 2.75) is 30.8 Å². The first kappa shape index (κ1) is 16.0. The summed E-state index contributed by atoms with van der Waals surface area (Å²) < 4.78 is 28.6. The van der Waals surface area contributed by atoms with Gasteiger partial charge in [-0.15, -0.1) is 0 Å². The van der Waals surface area contributed by atoms with Crippen LogP contribution in [0, 0.1) is 0 Å². The molecular weight excluding hydrogens is 312 g/mol. The molecule has 0 aliphatic carbocycles. The molecule has 0 unspecified atom stereocenters. The molecule has 0 spiro atoms. The number of sulfonamides is 1. The van der Waals surface area contributed by atoms with Gasteiger partial charge in [0.25, 0.3) is 10.0 Å². The Balaban J connectivity index is 1.65. The van der Waals surface area contributed by atoms with Gasteiger partial charge in [-0.3, -0.25) is 9.62 Å². The Bertz CT molecular complexity index is 747. The molecule has 2 heterocycles. The normalized spacial score (nSPS) is 16.4. The van der Waals surface area contributed by atoms with Gasteiger partial charge < -0.3 is 4.57 Å². The number of nitrogens with zero attached hydrogens (tertiary/aromatic N) is 3. The first-order valence-corrected chi connectivity index (χ1v) is 9.33. The van der Waals surface area contributed by atoms with Gasteiger partial charge in [-0.1, -0.05) is 18.6 Å². The zero-order chi connectivity index (χ0) is 16.3. The molecule has 2 aromatic rings. The van der Waals surface area contributed by atoms with E-state index >= 15 is 0 Å². The number of anilines is 1. The molecule has 1 fully saturated rings. The molecule has 0 amide bonds. The standard InChI is InChI=1S/C16H22N4O2S/c1-19-12-16(17-13-19)23(21,22)18-15-7-5-14(6-8-15)11-20-9-3-2-4-10-20/h5-8,12-13,18H,2-4,9-11H2,1H3. The van der Waals surface area contributed by atoms with Crippen molar-refractivity contribution in [2.24, 2.45) is 7.05 Å². The minimum atomic E-state index is -3.62. The van der Waals surface area contributed by atoms with E-state index in [-0.39, 0.29) is 5.03 Å². The lowest BCUT2D eigenvalue weighted by molar-refractivity contribution is 0.221. The summed E-state index contributed by atoms with van der Waals surface area (Å²) in [6.07, 6.45) is 6.80. The topological polar surface area (TPSA) is 67.2 Å². The van der Waals surface area contributed by atoms with Crippen LogP contribution >= 0.6 is 0 Å². The van der Waals surface area contributed by atoms with E-state index in [0.29, 0.717) is 5.69 Å². The summed E-state index contributed by atoms with van der Waals surface area (Å²) in [5, 5.41) is 0.0254. The molecule has 1 aliphatic rings. The zero-order valence-electron chi connectivity index (χ0n) is 13.3. The van der Waals surface area contributed by atoms with E-state index in [1.54, 1.807) is 23.7 Å². The maximum Gasteiger partial charge on any atom is 0.280 e. The molecule has 0 saturated carbocycles. The molecule has 1 aromatic carbocycles.